The van der Waals surface area contributed by atoms with Crippen molar-refractivity contribution in [3.63, 3.8) is 0 Å². The molecule has 9 heteroatoms. The molecular weight excluding hydrogens is 341 g/mol. The molecule has 0 spiro atoms. The fourth-order valence-corrected chi connectivity index (χ4v) is 2.72. The monoisotopic (exact) mass is 352 g/mol. The van der Waals surface area contributed by atoms with Gasteiger partial charge in [0.2, 0.25) is 5.91 Å². The average molecular weight is 352 g/mol. The molecule has 1 amide bonds. The van der Waals surface area contributed by atoms with Gasteiger partial charge in [-0.2, -0.15) is 18.3 Å². The SMILES string of the molecule is O=C(Cc1cn2ccsc2n1)N/N=C/c1ccc(C(F)(F)F)cc1. The van der Waals surface area contributed by atoms with Crippen LogP contribution in [0.4, 0.5) is 13.2 Å². The molecule has 0 aliphatic rings. The number of rotatable bonds is 4. The molecule has 3 aromatic rings. The fourth-order valence-electron chi connectivity index (χ4n) is 2.00. The summed E-state index contributed by atoms with van der Waals surface area (Å²) < 4.78 is 39.1. The molecule has 0 saturated carbocycles. The number of imidazole rings is 1. The summed E-state index contributed by atoms with van der Waals surface area (Å²) >= 11 is 1.46. The molecule has 24 heavy (non-hydrogen) atoms. The van der Waals surface area contributed by atoms with Gasteiger partial charge in [0.15, 0.2) is 4.96 Å². The molecule has 0 atom stereocenters. The number of alkyl halides is 3. The van der Waals surface area contributed by atoms with Gasteiger partial charge in [-0.1, -0.05) is 12.1 Å². The first-order chi connectivity index (χ1) is 11.4. The Morgan fingerprint density at radius 3 is 2.75 bits per heavy atom. The lowest BCUT2D eigenvalue weighted by atomic mass is 10.1. The van der Waals surface area contributed by atoms with E-state index in [1.54, 1.807) is 6.20 Å². The second-order valence-electron chi connectivity index (χ2n) is 4.91. The number of hydrazone groups is 1. The van der Waals surface area contributed by atoms with Crippen molar-refractivity contribution in [1.29, 1.82) is 0 Å². The number of carbonyl (C=O) groups is 1. The first-order valence-corrected chi connectivity index (χ1v) is 7.70. The molecular formula is C15H11F3N4OS. The zero-order chi connectivity index (χ0) is 17.2. The van der Waals surface area contributed by atoms with E-state index in [2.05, 4.69) is 15.5 Å². The second kappa shape index (κ2) is 6.44. The van der Waals surface area contributed by atoms with Crippen LogP contribution in [0.2, 0.25) is 0 Å². The number of carbonyl (C=O) groups excluding carboxylic acids is 1. The fraction of sp³-hybridized carbons (Fsp3) is 0.133. The number of amides is 1. The predicted molar refractivity (Wildman–Crippen MR) is 84.0 cm³/mol. The molecule has 5 nitrogen and oxygen atoms in total. The van der Waals surface area contributed by atoms with E-state index in [9.17, 15) is 18.0 Å². The van der Waals surface area contributed by atoms with Crippen molar-refractivity contribution in [1.82, 2.24) is 14.8 Å². The van der Waals surface area contributed by atoms with Gasteiger partial charge in [-0.05, 0) is 17.7 Å². The molecule has 0 radical (unpaired) electrons. The van der Waals surface area contributed by atoms with E-state index in [1.807, 2.05) is 16.0 Å². The zero-order valence-electron chi connectivity index (χ0n) is 12.1. The summed E-state index contributed by atoms with van der Waals surface area (Å²) in [5.74, 6) is -0.357. The summed E-state index contributed by atoms with van der Waals surface area (Å²) in [5.41, 5.74) is 2.66. The van der Waals surface area contributed by atoms with Crippen molar-refractivity contribution in [3.05, 3.63) is 58.9 Å². The molecule has 0 bridgehead atoms. The molecule has 2 aromatic heterocycles. The Morgan fingerprint density at radius 2 is 2.08 bits per heavy atom. The summed E-state index contributed by atoms with van der Waals surface area (Å²) in [6.45, 7) is 0. The van der Waals surface area contributed by atoms with Crippen LogP contribution in [0.3, 0.4) is 0 Å². The smallest absolute Gasteiger partial charge is 0.297 e. The molecule has 0 aliphatic heterocycles. The van der Waals surface area contributed by atoms with Crippen LogP contribution >= 0.6 is 11.3 Å². The number of nitrogens with zero attached hydrogens (tertiary/aromatic N) is 3. The number of thiazole rings is 1. The normalized spacial score (nSPS) is 12.1. The second-order valence-corrected chi connectivity index (χ2v) is 5.79. The first-order valence-electron chi connectivity index (χ1n) is 6.82. The van der Waals surface area contributed by atoms with E-state index >= 15 is 0 Å². The molecule has 124 valence electrons. The van der Waals surface area contributed by atoms with Crippen molar-refractivity contribution in [2.24, 2.45) is 5.10 Å². The standard InChI is InChI=1S/C15H11F3N4OS/c16-15(17,18)11-3-1-10(2-4-11)8-19-21-13(23)7-12-9-22-5-6-24-14(22)20-12/h1-6,8-9H,7H2,(H,21,23)/b19-8+. The van der Waals surface area contributed by atoms with E-state index in [0.29, 0.717) is 11.3 Å². The lowest BCUT2D eigenvalue weighted by Crippen LogP contribution is -2.19. The van der Waals surface area contributed by atoms with Gasteiger partial charge in [0.05, 0.1) is 23.9 Å². The van der Waals surface area contributed by atoms with E-state index < -0.39 is 11.7 Å². The van der Waals surface area contributed by atoms with Gasteiger partial charge < -0.3 is 0 Å². The Labute approximate surface area is 138 Å². The lowest BCUT2D eigenvalue weighted by Gasteiger charge is -2.05. The number of benzene rings is 1. The molecule has 0 saturated heterocycles. The largest absolute Gasteiger partial charge is 0.416 e. The van der Waals surface area contributed by atoms with Gasteiger partial charge in [-0.25, -0.2) is 10.4 Å². The van der Waals surface area contributed by atoms with Gasteiger partial charge in [0.1, 0.15) is 0 Å². The van der Waals surface area contributed by atoms with Crippen LogP contribution in [0.25, 0.3) is 4.96 Å². The van der Waals surface area contributed by atoms with Crippen molar-refractivity contribution in [3.8, 4) is 0 Å². The Morgan fingerprint density at radius 1 is 1.33 bits per heavy atom. The minimum absolute atomic E-state index is 0.0682. The molecule has 0 fully saturated rings. The molecule has 0 unspecified atom stereocenters. The van der Waals surface area contributed by atoms with Gasteiger partial charge in [-0.15, -0.1) is 11.3 Å². The molecule has 1 aromatic carbocycles. The Bertz CT molecular complexity index is 852. The van der Waals surface area contributed by atoms with Crippen LogP contribution in [0.5, 0.6) is 0 Å². The molecule has 3 rings (SSSR count). The highest BCUT2D eigenvalue weighted by Gasteiger charge is 2.29. The van der Waals surface area contributed by atoms with Crippen molar-refractivity contribution in [2.75, 3.05) is 0 Å². The Hall–Kier alpha value is -2.68. The van der Waals surface area contributed by atoms with E-state index in [1.165, 1.54) is 29.7 Å². The van der Waals surface area contributed by atoms with Crippen LogP contribution in [0.1, 0.15) is 16.8 Å². The summed E-state index contributed by atoms with van der Waals surface area (Å²) in [7, 11) is 0. The summed E-state index contributed by atoms with van der Waals surface area (Å²) in [4.78, 5) is 16.8. The predicted octanol–water partition coefficient (Wildman–Crippen LogP) is 3.11. The molecule has 2 heterocycles. The minimum Gasteiger partial charge on any atom is -0.297 e. The van der Waals surface area contributed by atoms with Gasteiger partial charge in [-0.3, -0.25) is 9.20 Å². The maximum atomic E-state index is 12.4. The number of hydrogen-bond donors (Lipinski definition) is 1. The maximum absolute atomic E-state index is 12.4. The number of hydrogen-bond acceptors (Lipinski definition) is 4. The third kappa shape index (κ3) is 3.80. The van der Waals surface area contributed by atoms with Crippen molar-refractivity contribution < 1.29 is 18.0 Å². The summed E-state index contributed by atoms with van der Waals surface area (Å²) in [6.07, 6.45) is 0.576. The van der Waals surface area contributed by atoms with Crippen molar-refractivity contribution in [2.45, 2.75) is 12.6 Å². The Kier molecular flexibility index (Phi) is 4.34. The van der Waals surface area contributed by atoms with Crippen LogP contribution in [-0.2, 0) is 17.4 Å². The quantitative estimate of drug-likeness (QED) is 0.579. The Balaban J connectivity index is 1.55. The van der Waals surface area contributed by atoms with Crippen LogP contribution in [-0.4, -0.2) is 21.5 Å². The van der Waals surface area contributed by atoms with E-state index in [-0.39, 0.29) is 12.3 Å². The van der Waals surface area contributed by atoms with Crippen molar-refractivity contribution >= 4 is 28.4 Å². The topological polar surface area (TPSA) is 58.8 Å². The zero-order valence-corrected chi connectivity index (χ0v) is 12.9. The number of halogens is 3. The minimum atomic E-state index is -4.37. The third-order valence-corrected chi connectivity index (χ3v) is 3.90. The maximum Gasteiger partial charge on any atom is 0.416 e. The highest BCUT2D eigenvalue weighted by molar-refractivity contribution is 7.15. The molecule has 1 N–H and O–H groups in total. The van der Waals surface area contributed by atoms with Crippen LogP contribution < -0.4 is 5.43 Å². The third-order valence-electron chi connectivity index (χ3n) is 3.13. The number of aromatic nitrogens is 2. The lowest BCUT2D eigenvalue weighted by molar-refractivity contribution is -0.137. The average Bonchev–Trinajstić information content (AvgIpc) is 3.08. The van der Waals surface area contributed by atoms with Gasteiger partial charge >= 0.3 is 6.18 Å². The van der Waals surface area contributed by atoms with E-state index in [0.717, 1.165) is 17.1 Å². The summed E-state index contributed by atoms with van der Waals surface area (Å²) in [5, 5.41) is 5.62. The first kappa shape index (κ1) is 16.2. The molecule has 0 aliphatic carbocycles. The highest BCUT2D eigenvalue weighted by Crippen LogP contribution is 2.28. The number of fused-ring (bicyclic) bond motifs is 1. The van der Waals surface area contributed by atoms with E-state index in [4.69, 9.17) is 0 Å². The van der Waals surface area contributed by atoms with Crippen LogP contribution in [0.15, 0.2) is 47.1 Å². The highest BCUT2D eigenvalue weighted by atomic mass is 32.1. The van der Waals surface area contributed by atoms with Gasteiger partial charge in [0, 0.05) is 17.8 Å². The number of nitrogens with one attached hydrogen (secondary N) is 1. The summed E-state index contributed by atoms with van der Waals surface area (Å²) in [6, 6.07) is 4.48. The van der Waals surface area contributed by atoms with Crippen LogP contribution in [0, 0.1) is 0 Å². The van der Waals surface area contributed by atoms with Gasteiger partial charge in [0.25, 0.3) is 0 Å².